The van der Waals surface area contributed by atoms with E-state index in [-0.39, 0.29) is 0 Å². The number of hydrogen-bond donors (Lipinski definition) is 1. The summed E-state index contributed by atoms with van der Waals surface area (Å²) in [5, 5.41) is 3.40. The fourth-order valence-corrected chi connectivity index (χ4v) is 2.65. The van der Waals surface area contributed by atoms with E-state index in [2.05, 4.69) is 66.8 Å². The van der Waals surface area contributed by atoms with Gasteiger partial charge >= 0.3 is 0 Å². The number of nitrogens with zero attached hydrogens (tertiary/aromatic N) is 1. The standard InChI is InChI=1S/C17H20N2/c1-19(2)12-13-3-5-14(6-4-13)15-7-8-17-16(11-15)9-10-18-17/h3-8,11,18H,9-10,12H2,1-2H3. The topological polar surface area (TPSA) is 15.3 Å². The third kappa shape index (κ3) is 2.64. The SMILES string of the molecule is CN(C)Cc1ccc(-c2ccc3c(c2)CCN3)cc1. The number of hydrogen-bond acceptors (Lipinski definition) is 2. The Balaban J connectivity index is 1.86. The summed E-state index contributed by atoms with van der Waals surface area (Å²) in [5.41, 5.74) is 6.72. The molecule has 1 aliphatic heterocycles. The predicted molar refractivity (Wildman–Crippen MR) is 81.5 cm³/mol. The third-order valence-corrected chi connectivity index (χ3v) is 3.60. The molecule has 0 aromatic heterocycles. The van der Waals surface area contributed by atoms with Crippen molar-refractivity contribution in [1.29, 1.82) is 0 Å². The van der Waals surface area contributed by atoms with E-state index in [1.54, 1.807) is 0 Å². The van der Waals surface area contributed by atoms with Crippen molar-refractivity contribution in [3.63, 3.8) is 0 Å². The zero-order valence-electron chi connectivity index (χ0n) is 11.6. The summed E-state index contributed by atoms with van der Waals surface area (Å²) in [6, 6.07) is 15.6. The van der Waals surface area contributed by atoms with Crippen molar-refractivity contribution in [3.8, 4) is 11.1 Å². The lowest BCUT2D eigenvalue weighted by atomic mass is 10.0. The highest BCUT2D eigenvalue weighted by atomic mass is 15.0. The summed E-state index contributed by atoms with van der Waals surface area (Å²) in [7, 11) is 4.20. The molecule has 0 saturated heterocycles. The first-order valence-corrected chi connectivity index (χ1v) is 6.83. The monoisotopic (exact) mass is 252 g/mol. The van der Waals surface area contributed by atoms with Gasteiger partial charge in [0.2, 0.25) is 0 Å². The Morgan fingerprint density at radius 2 is 1.74 bits per heavy atom. The fourth-order valence-electron chi connectivity index (χ4n) is 2.65. The van der Waals surface area contributed by atoms with Crippen molar-refractivity contribution in [2.24, 2.45) is 0 Å². The largest absolute Gasteiger partial charge is 0.384 e. The van der Waals surface area contributed by atoms with Crippen LogP contribution in [0.1, 0.15) is 11.1 Å². The molecule has 3 rings (SSSR count). The van der Waals surface area contributed by atoms with Gasteiger partial charge in [-0.1, -0.05) is 30.3 Å². The second kappa shape index (κ2) is 5.06. The molecule has 1 aliphatic rings. The molecule has 0 fully saturated rings. The minimum Gasteiger partial charge on any atom is -0.384 e. The Kier molecular flexibility index (Phi) is 3.26. The van der Waals surface area contributed by atoms with E-state index in [9.17, 15) is 0 Å². The molecular weight excluding hydrogens is 232 g/mol. The number of anilines is 1. The molecule has 0 spiro atoms. The van der Waals surface area contributed by atoms with E-state index in [0.29, 0.717) is 0 Å². The molecule has 0 saturated carbocycles. The molecule has 2 heteroatoms. The van der Waals surface area contributed by atoms with Gasteiger partial charge in [0.05, 0.1) is 0 Å². The van der Waals surface area contributed by atoms with Gasteiger partial charge in [0, 0.05) is 18.8 Å². The maximum atomic E-state index is 3.40. The zero-order valence-corrected chi connectivity index (χ0v) is 11.6. The lowest BCUT2D eigenvalue weighted by molar-refractivity contribution is 0.402. The van der Waals surface area contributed by atoms with Gasteiger partial charge in [-0.05, 0) is 54.9 Å². The molecule has 2 nitrogen and oxygen atoms in total. The summed E-state index contributed by atoms with van der Waals surface area (Å²) in [4.78, 5) is 2.19. The van der Waals surface area contributed by atoms with E-state index in [1.165, 1.54) is 27.9 Å². The molecule has 98 valence electrons. The highest BCUT2D eigenvalue weighted by molar-refractivity contribution is 5.70. The molecule has 2 aromatic rings. The van der Waals surface area contributed by atoms with E-state index >= 15 is 0 Å². The molecular formula is C17H20N2. The minimum absolute atomic E-state index is 0.994. The molecule has 0 radical (unpaired) electrons. The number of rotatable bonds is 3. The van der Waals surface area contributed by atoms with Gasteiger partial charge in [0.25, 0.3) is 0 Å². The van der Waals surface area contributed by atoms with Crippen LogP contribution in [0.2, 0.25) is 0 Å². The van der Waals surface area contributed by atoms with Crippen LogP contribution in [-0.2, 0) is 13.0 Å². The van der Waals surface area contributed by atoms with Crippen molar-refractivity contribution in [3.05, 3.63) is 53.6 Å². The van der Waals surface area contributed by atoms with Crippen LogP contribution in [0.3, 0.4) is 0 Å². The van der Waals surface area contributed by atoms with Crippen molar-refractivity contribution in [2.75, 3.05) is 26.0 Å². The minimum atomic E-state index is 0.994. The highest BCUT2D eigenvalue weighted by Gasteiger charge is 2.10. The maximum Gasteiger partial charge on any atom is 0.0373 e. The van der Waals surface area contributed by atoms with Gasteiger partial charge in [-0.25, -0.2) is 0 Å². The molecule has 19 heavy (non-hydrogen) atoms. The first-order chi connectivity index (χ1) is 9.22. The van der Waals surface area contributed by atoms with E-state index < -0.39 is 0 Å². The van der Waals surface area contributed by atoms with Gasteiger partial charge in [-0.15, -0.1) is 0 Å². The molecule has 2 aromatic carbocycles. The molecule has 1 heterocycles. The molecule has 0 aliphatic carbocycles. The second-order valence-electron chi connectivity index (χ2n) is 5.48. The van der Waals surface area contributed by atoms with Gasteiger partial charge in [-0.2, -0.15) is 0 Å². The summed E-state index contributed by atoms with van der Waals surface area (Å²) in [5.74, 6) is 0. The number of fused-ring (bicyclic) bond motifs is 1. The Morgan fingerprint density at radius 3 is 2.47 bits per heavy atom. The molecule has 0 amide bonds. The Bertz CT molecular complexity index is 570. The van der Waals surface area contributed by atoms with Gasteiger partial charge in [0.1, 0.15) is 0 Å². The fraction of sp³-hybridized carbons (Fsp3) is 0.294. The maximum absolute atomic E-state index is 3.40. The summed E-state index contributed by atoms with van der Waals surface area (Å²) < 4.78 is 0. The number of nitrogens with one attached hydrogen (secondary N) is 1. The lowest BCUT2D eigenvalue weighted by Gasteiger charge is -2.10. The quantitative estimate of drug-likeness (QED) is 0.901. The van der Waals surface area contributed by atoms with Crippen LogP contribution < -0.4 is 5.32 Å². The average molecular weight is 252 g/mol. The lowest BCUT2D eigenvalue weighted by Crippen LogP contribution is -2.10. The first kappa shape index (κ1) is 12.2. The zero-order chi connectivity index (χ0) is 13.2. The second-order valence-corrected chi connectivity index (χ2v) is 5.48. The van der Waals surface area contributed by atoms with Gasteiger partial charge in [-0.3, -0.25) is 0 Å². The molecule has 0 bridgehead atoms. The van der Waals surface area contributed by atoms with Crippen molar-refractivity contribution >= 4 is 5.69 Å². The Labute approximate surface area is 115 Å². The smallest absolute Gasteiger partial charge is 0.0373 e. The van der Waals surface area contributed by atoms with Crippen molar-refractivity contribution in [2.45, 2.75) is 13.0 Å². The number of benzene rings is 2. The van der Waals surface area contributed by atoms with Crippen molar-refractivity contribution in [1.82, 2.24) is 4.90 Å². The van der Waals surface area contributed by atoms with Crippen LogP contribution in [-0.4, -0.2) is 25.5 Å². The van der Waals surface area contributed by atoms with E-state index in [1.807, 2.05) is 0 Å². The Hall–Kier alpha value is -1.80. The molecule has 1 N–H and O–H groups in total. The van der Waals surface area contributed by atoms with Crippen LogP contribution in [0.25, 0.3) is 11.1 Å². The van der Waals surface area contributed by atoms with Crippen LogP contribution in [0.15, 0.2) is 42.5 Å². The summed E-state index contributed by atoms with van der Waals surface area (Å²) >= 11 is 0. The van der Waals surface area contributed by atoms with Crippen LogP contribution in [0, 0.1) is 0 Å². The predicted octanol–water partition coefficient (Wildman–Crippen LogP) is 3.38. The normalized spacial score (nSPS) is 13.4. The third-order valence-electron chi connectivity index (χ3n) is 3.60. The summed E-state index contributed by atoms with van der Waals surface area (Å²) in [6.07, 6.45) is 1.14. The van der Waals surface area contributed by atoms with Crippen molar-refractivity contribution < 1.29 is 0 Å². The van der Waals surface area contributed by atoms with Crippen LogP contribution in [0.4, 0.5) is 5.69 Å². The van der Waals surface area contributed by atoms with E-state index in [0.717, 1.165) is 19.5 Å². The van der Waals surface area contributed by atoms with Gasteiger partial charge < -0.3 is 10.2 Å². The summed E-state index contributed by atoms with van der Waals surface area (Å²) in [6.45, 7) is 2.06. The first-order valence-electron chi connectivity index (χ1n) is 6.83. The van der Waals surface area contributed by atoms with E-state index in [4.69, 9.17) is 0 Å². The average Bonchev–Trinajstić information content (AvgIpc) is 2.86. The molecule has 0 atom stereocenters. The Morgan fingerprint density at radius 1 is 1.00 bits per heavy atom. The van der Waals surface area contributed by atoms with Gasteiger partial charge in [0.15, 0.2) is 0 Å². The van der Waals surface area contributed by atoms with Crippen LogP contribution in [0.5, 0.6) is 0 Å². The van der Waals surface area contributed by atoms with Crippen LogP contribution >= 0.6 is 0 Å². The molecule has 0 unspecified atom stereocenters. The highest BCUT2D eigenvalue weighted by Crippen LogP contribution is 2.28.